The maximum Gasteiger partial charge on any atom is 0.191 e. The Morgan fingerprint density at radius 1 is 1.19 bits per heavy atom. The monoisotopic (exact) mass is 394 g/mol. The van der Waals surface area contributed by atoms with Gasteiger partial charge >= 0.3 is 0 Å². The van der Waals surface area contributed by atoms with Crippen LogP contribution in [0.1, 0.15) is 74.9 Å². The molecule has 0 unspecified atom stereocenters. The van der Waals surface area contributed by atoms with Gasteiger partial charge in [-0.3, -0.25) is 4.99 Å². The van der Waals surface area contributed by atoms with Crippen LogP contribution in [-0.2, 0) is 19.3 Å². The first-order chi connectivity index (χ1) is 13.2. The Morgan fingerprint density at radius 3 is 2.63 bits per heavy atom. The quantitative estimate of drug-likeness (QED) is 0.304. The number of aromatic nitrogens is 1. The number of aliphatic hydroxyl groups excluding tert-OH is 1. The van der Waals surface area contributed by atoms with Crippen LogP contribution in [0, 0.1) is 5.41 Å². The van der Waals surface area contributed by atoms with E-state index >= 15 is 0 Å². The van der Waals surface area contributed by atoms with Gasteiger partial charge in [-0.1, -0.05) is 13.8 Å². The van der Waals surface area contributed by atoms with Crippen LogP contribution in [0.3, 0.4) is 0 Å². The molecule has 2 rings (SSSR count). The van der Waals surface area contributed by atoms with Gasteiger partial charge in [0, 0.05) is 37.5 Å². The highest BCUT2D eigenvalue weighted by Gasteiger charge is 2.25. The van der Waals surface area contributed by atoms with Gasteiger partial charge in [0.2, 0.25) is 0 Å². The molecule has 0 atom stereocenters. The zero-order valence-corrected chi connectivity index (χ0v) is 18.3. The van der Waals surface area contributed by atoms with Crippen LogP contribution in [0.5, 0.6) is 0 Å². The lowest BCUT2D eigenvalue weighted by Gasteiger charge is -2.29. The van der Waals surface area contributed by atoms with Gasteiger partial charge in [0.05, 0.1) is 10.7 Å². The molecule has 1 heterocycles. The molecule has 6 heteroatoms. The molecule has 0 saturated heterocycles. The SMILES string of the molecule is CCNC(=NCC(CC)(CC)CCO)NCCCc1nc2c(s1)CCCC2. The molecule has 0 spiro atoms. The van der Waals surface area contributed by atoms with Gasteiger partial charge in [0.15, 0.2) is 5.96 Å². The molecule has 1 aromatic heterocycles. The van der Waals surface area contributed by atoms with Crippen molar-refractivity contribution >= 4 is 17.3 Å². The Kier molecular flexibility index (Phi) is 9.56. The highest BCUT2D eigenvalue weighted by Crippen LogP contribution is 2.30. The molecule has 0 aliphatic heterocycles. The summed E-state index contributed by atoms with van der Waals surface area (Å²) in [7, 11) is 0. The molecule has 1 aliphatic rings. The number of aliphatic imine (C=N–C) groups is 1. The van der Waals surface area contributed by atoms with Crippen LogP contribution in [0.25, 0.3) is 0 Å². The molecule has 5 nitrogen and oxygen atoms in total. The van der Waals surface area contributed by atoms with Crippen molar-refractivity contribution in [2.24, 2.45) is 10.4 Å². The summed E-state index contributed by atoms with van der Waals surface area (Å²) in [5.41, 5.74) is 1.47. The molecule has 0 radical (unpaired) electrons. The van der Waals surface area contributed by atoms with E-state index in [9.17, 15) is 5.11 Å². The van der Waals surface area contributed by atoms with Crippen molar-refractivity contribution in [3.05, 3.63) is 15.6 Å². The second kappa shape index (κ2) is 11.6. The third kappa shape index (κ3) is 6.75. The third-order valence-electron chi connectivity index (χ3n) is 5.81. The minimum Gasteiger partial charge on any atom is -0.396 e. The summed E-state index contributed by atoms with van der Waals surface area (Å²) in [6, 6.07) is 0. The summed E-state index contributed by atoms with van der Waals surface area (Å²) in [6.45, 7) is 9.24. The summed E-state index contributed by atoms with van der Waals surface area (Å²) in [5, 5.41) is 17.5. The predicted octanol–water partition coefficient (Wildman–Crippen LogP) is 3.70. The molecule has 1 aromatic rings. The number of fused-ring (bicyclic) bond motifs is 1. The zero-order valence-electron chi connectivity index (χ0n) is 17.4. The molecule has 154 valence electrons. The van der Waals surface area contributed by atoms with Crippen molar-refractivity contribution in [1.82, 2.24) is 15.6 Å². The molecule has 0 saturated carbocycles. The van der Waals surface area contributed by atoms with E-state index in [0.717, 1.165) is 57.7 Å². The Balaban J connectivity index is 1.81. The summed E-state index contributed by atoms with van der Waals surface area (Å²) in [6.07, 6.45) is 10.0. The largest absolute Gasteiger partial charge is 0.396 e. The van der Waals surface area contributed by atoms with Gasteiger partial charge in [-0.05, 0) is 63.7 Å². The number of rotatable bonds is 11. The first-order valence-electron chi connectivity index (χ1n) is 10.8. The topological polar surface area (TPSA) is 69.5 Å². The summed E-state index contributed by atoms with van der Waals surface area (Å²) < 4.78 is 0. The van der Waals surface area contributed by atoms with Crippen LogP contribution in [0.2, 0.25) is 0 Å². The maximum atomic E-state index is 9.39. The number of aliphatic hydroxyl groups is 1. The first-order valence-corrected chi connectivity index (χ1v) is 11.6. The highest BCUT2D eigenvalue weighted by atomic mass is 32.1. The maximum absolute atomic E-state index is 9.39. The van der Waals surface area contributed by atoms with Crippen LogP contribution in [0.15, 0.2) is 4.99 Å². The molecule has 3 N–H and O–H groups in total. The summed E-state index contributed by atoms with van der Waals surface area (Å²) >= 11 is 1.92. The minimum absolute atomic E-state index is 0.108. The van der Waals surface area contributed by atoms with Crippen LogP contribution in [0.4, 0.5) is 0 Å². The van der Waals surface area contributed by atoms with E-state index in [4.69, 9.17) is 9.98 Å². The van der Waals surface area contributed by atoms with E-state index in [-0.39, 0.29) is 12.0 Å². The van der Waals surface area contributed by atoms with Gasteiger partial charge in [-0.15, -0.1) is 11.3 Å². The number of hydrogen-bond acceptors (Lipinski definition) is 4. The minimum atomic E-state index is 0.108. The molecular weight excluding hydrogens is 356 g/mol. The van der Waals surface area contributed by atoms with E-state index in [0.29, 0.717) is 0 Å². The van der Waals surface area contributed by atoms with Crippen LogP contribution >= 0.6 is 11.3 Å². The number of aryl methyl sites for hydroxylation is 3. The first kappa shape index (κ1) is 22.2. The Bertz CT molecular complexity index is 557. The lowest BCUT2D eigenvalue weighted by atomic mass is 9.79. The Labute approximate surface area is 169 Å². The summed E-state index contributed by atoms with van der Waals surface area (Å²) in [5.74, 6) is 0.889. The fourth-order valence-electron chi connectivity index (χ4n) is 3.69. The van der Waals surface area contributed by atoms with Crippen LogP contribution < -0.4 is 10.6 Å². The number of nitrogens with zero attached hydrogens (tertiary/aromatic N) is 2. The number of nitrogens with one attached hydrogen (secondary N) is 2. The van der Waals surface area contributed by atoms with Gasteiger partial charge in [-0.2, -0.15) is 0 Å². The van der Waals surface area contributed by atoms with E-state index in [2.05, 4.69) is 31.4 Å². The van der Waals surface area contributed by atoms with Gasteiger partial charge in [0.1, 0.15) is 0 Å². The van der Waals surface area contributed by atoms with Crippen molar-refractivity contribution in [2.45, 2.75) is 78.6 Å². The number of thiazole rings is 1. The van der Waals surface area contributed by atoms with Crippen molar-refractivity contribution < 1.29 is 5.11 Å². The smallest absolute Gasteiger partial charge is 0.191 e. The van der Waals surface area contributed by atoms with E-state index in [1.165, 1.54) is 41.3 Å². The van der Waals surface area contributed by atoms with Gasteiger partial charge < -0.3 is 15.7 Å². The number of hydrogen-bond donors (Lipinski definition) is 3. The third-order valence-corrected chi connectivity index (χ3v) is 7.03. The molecular formula is C21H38N4OS. The lowest BCUT2D eigenvalue weighted by molar-refractivity contribution is 0.175. The summed E-state index contributed by atoms with van der Waals surface area (Å²) in [4.78, 5) is 11.2. The van der Waals surface area contributed by atoms with Gasteiger partial charge in [0.25, 0.3) is 0 Å². The average Bonchev–Trinajstić information content (AvgIpc) is 3.11. The van der Waals surface area contributed by atoms with E-state index in [1.807, 2.05) is 11.3 Å². The van der Waals surface area contributed by atoms with Crippen LogP contribution in [-0.4, -0.2) is 42.3 Å². The number of guanidine groups is 1. The van der Waals surface area contributed by atoms with Gasteiger partial charge in [-0.25, -0.2) is 4.98 Å². The van der Waals surface area contributed by atoms with Crippen molar-refractivity contribution in [3.8, 4) is 0 Å². The zero-order chi connectivity index (χ0) is 19.5. The molecule has 0 amide bonds. The Hall–Kier alpha value is -1.14. The fourth-order valence-corrected chi connectivity index (χ4v) is 4.89. The predicted molar refractivity (Wildman–Crippen MR) is 116 cm³/mol. The second-order valence-electron chi connectivity index (χ2n) is 7.59. The lowest BCUT2D eigenvalue weighted by Crippen LogP contribution is -2.39. The molecule has 0 fully saturated rings. The van der Waals surface area contributed by atoms with E-state index in [1.54, 1.807) is 0 Å². The molecule has 0 bridgehead atoms. The highest BCUT2D eigenvalue weighted by molar-refractivity contribution is 7.11. The fraction of sp³-hybridized carbons (Fsp3) is 0.810. The Morgan fingerprint density at radius 2 is 1.96 bits per heavy atom. The second-order valence-corrected chi connectivity index (χ2v) is 8.76. The van der Waals surface area contributed by atoms with Crippen molar-refractivity contribution in [1.29, 1.82) is 0 Å². The molecule has 0 aromatic carbocycles. The van der Waals surface area contributed by atoms with E-state index < -0.39 is 0 Å². The standard InChI is InChI=1S/C21H38N4OS/c1-4-21(5-2,13-15-26)16-24-20(22-6-3)23-14-9-12-19-25-17-10-7-8-11-18(17)27-19/h26H,4-16H2,1-3H3,(H2,22,23,24). The molecule has 27 heavy (non-hydrogen) atoms. The van der Waals surface area contributed by atoms with Crippen molar-refractivity contribution in [3.63, 3.8) is 0 Å². The normalized spacial score (nSPS) is 14.9. The average molecular weight is 395 g/mol. The molecule has 1 aliphatic carbocycles. The van der Waals surface area contributed by atoms with Crippen molar-refractivity contribution in [2.75, 3.05) is 26.2 Å².